The van der Waals surface area contributed by atoms with Gasteiger partial charge in [0.05, 0.1) is 3.39 Å². The molecule has 0 saturated heterocycles. The van der Waals surface area contributed by atoms with E-state index in [-0.39, 0.29) is 0 Å². The summed E-state index contributed by atoms with van der Waals surface area (Å²) in [5, 5.41) is 0. The van der Waals surface area contributed by atoms with Gasteiger partial charge in [0.25, 0.3) is 0 Å². The third-order valence-corrected chi connectivity index (χ3v) is 3.73. The number of hydrogen-bond donors (Lipinski definition) is 0. The Morgan fingerprint density at radius 2 is 1.93 bits per heavy atom. The summed E-state index contributed by atoms with van der Waals surface area (Å²) in [6.45, 7) is 2.28. The number of hydrogen-bond acceptors (Lipinski definition) is 0. The summed E-state index contributed by atoms with van der Waals surface area (Å²) < 4.78 is 1.10. The highest BCUT2D eigenvalue weighted by molar-refractivity contribution is 9.28. The van der Waals surface area contributed by atoms with Crippen molar-refractivity contribution in [1.29, 1.82) is 0 Å². The Bertz CT molecular complexity index is 183. The molecule has 0 aromatic rings. The zero-order chi connectivity index (χ0) is 10.4. The highest BCUT2D eigenvalue weighted by Crippen LogP contribution is 2.45. The average Bonchev–Trinajstić information content (AvgIpc) is 2.84. The van der Waals surface area contributed by atoms with Crippen LogP contribution in [-0.4, -0.2) is 0 Å². The van der Waals surface area contributed by atoms with E-state index >= 15 is 0 Å². The Balaban J connectivity index is 1.95. The Labute approximate surface area is 105 Å². The second kappa shape index (κ2) is 7.05. The normalized spacial score (nSPS) is 24.8. The second-order valence-corrected chi connectivity index (χ2v) is 7.10. The zero-order valence-electron chi connectivity index (χ0n) is 8.94. The largest absolute Gasteiger partial charge is 0.0654 e. The smallest absolute Gasteiger partial charge is 0.0564 e. The topological polar surface area (TPSA) is 0 Å². The summed E-state index contributed by atoms with van der Waals surface area (Å²) in [5.41, 5.74) is 0. The van der Waals surface area contributed by atoms with Crippen LogP contribution in [0.5, 0.6) is 0 Å². The van der Waals surface area contributed by atoms with Crippen molar-refractivity contribution in [2.45, 2.75) is 51.9 Å². The van der Waals surface area contributed by atoms with Crippen LogP contribution in [0.2, 0.25) is 0 Å². The van der Waals surface area contributed by atoms with Crippen molar-refractivity contribution in [2.24, 2.45) is 11.8 Å². The summed E-state index contributed by atoms with van der Waals surface area (Å²) in [4.78, 5) is 0. The lowest BCUT2D eigenvalue weighted by Gasteiger charge is -1.98. The van der Waals surface area contributed by atoms with E-state index in [2.05, 4.69) is 44.9 Å². The Morgan fingerprint density at radius 1 is 1.21 bits per heavy atom. The molecule has 0 heterocycles. The van der Waals surface area contributed by atoms with Gasteiger partial charge in [-0.05, 0) is 63.0 Å². The maximum absolute atomic E-state index is 3.39. The fraction of sp³-hybridized carbons (Fsp3) is 0.833. The van der Waals surface area contributed by atoms with Gasteiger partial charge in [-0.15, -0.1) is 0 Å². The van der Waals surface area contributed by atoms with E-state index in [9.17, 15) is 0 Å². The van der Waals surface area contributed by atoms with Crippen molar-refractivity contribution >= 4 is 31.9 Å². The molecule has 0 N–H and O–H groups in total. The lowest BCUT2D eigenvalue weighted by molar-refractivity contribution is 0.566. The number of rotatable bonds is 7. The SMILES string of the molecule is CCCCC[C@@H]1C[C@H]1CCC=C(Br)Br. The first kappa shape index (κ1) is 12.8. The molecule has 1 aliphatic carbocycles. The second-order valence-electron chi connectivity index (χ2n) is 4.32. The number of unbranched alkanes of at least 4 members (excludes halogenated alkanes) is 2. The monoisotopic (exact) mass is 322 g/mol. The van der Waals surface area contributed by atoms with Gasteiger partial charge in [-0.3, -0.25) is 0 Å². The molecule has 1 fully saturated rings. The lowest BCUT2D eigenvalue weighted by Crippen LogP contribution is -1.84. The van der Waals surface area contributed by atoms with Gasteiger partial charge in [0.1, 0.15) is 0 Å². The summed E-state index contributed by atoms with van der Waals surface area (Å²) in [6.07, 6.45) is 12.1. The Hall–Kier alpha value is 0.700. The summed E-state index contributed by atoms with van der Waals surface area (Å²) in [5.74, 6) is 2.12. The predicted molar refractivity (Wildman–Crippen MR) is 70.9 cm³/mol. The zero-order valence-corrected chi connectivity index (χ0v) is 12.1. The molecule has 0 radical (unpaired) electrons. The van der Waals surface area contributed by atoms with Crippen molar-refractivity contribution in [1.82, 2.24) is 0 Å². The molecule has 0 spiro atoms. The van der Waals surface area contributed by atoms with Crippen LogP contribution in [0.4, 0.5) is 0 Å². The van der Waals surface area contributed by atoms with E-state index in [1.54, 1.807) is 0 Å². The molecule has 2 atom stereocenters. The Kier molecular flexibility index (Phi) is 6.43. The standard InChI is InChI=1S/C12H20Br2/c1-2-3-4-6-10-9-11(10)7-5-8-12(13)14/h8,10-11H,2-7,9H2,1H3/t10-,11-/m1/s1. The van der Waals surface area contributed by atoms with Gasteiger partial charge in [-0.2, -0.15) is 0 Å². The minimum absolute atomic E-state index is 1.04. The van der Waals surface area contributed by atoms with Crippen LogP contribution in [0, 0.1) is 11.8 Å². The molecule has 1 rings (SSSR count). The number of allylic oxidation sites excluding steroid dienone is 1. The van der Waals surface area contributed by atoms with Crippen LogP contribution < -0.4 is 0 Å². The predicted octanol–water partition coefficient (Wildman–Crippen LogP) is 5.61. The maximum Gasteiger partial charge on any atom is 0.0564 e. The molecule has 0 aliphatic heterocycles. The molecule has 14 heavy (non-hydrogen) atoms. The van der Waals surface area contributed by atoms with Crippen molar-refractivity contribution in [3.8, 4) is 0 Å². The number of halogens is 2. The van der Waals surface area contributed by atoms with Crippen LogP contribution in [0.15, 0.2) is 9.47 Å². The molecule has 0 nitrogen and oxygen atoms in total. The van der Waals surface area contributed by atoms with Gasteiger partial charge in [0, 0.05) is 0 Å². The van der Waals surface area contributed by atoms with Crippen molar-refractivity contribution in [3.05, 3.63) is 9.47 Å². The fourth-order valence-electron chi connectivity index (χ4n) is 2.08. The molecule has 1 aliphatic rings. The van der Waals surface area contributed by atoms with Crippen LogP contribution in [-0.2, 0) is 0 Å². The van der Waals surface area contributed by atoms with Crippen LogP contribution in [0.25, 0.3) is 0 Å². The van der Waals surface area contributed by atoms with Crippen molar-refractivity contribution < 1.29 is 0 Å². The lowest BCUT2D eigenvalue weighted by atomic mass is 10.1. The molecule has 82 valence electrons. The molecule has 0 aromatic heterocycles. The maximum atomic E-state index is 3.39. The van der Waals surface area contributed by atoms with Crippen molar-refractivity contribution in [3.63, 3.8) is 0 Å². The van der Waals surface area contributed by atoms with E-state index in [1.165, 1.54) is 44.9 Å². The first-order chi connectivity index (χ1) is 6.74. The summed E-state index contributed by atoms with van der Waals surface area (Å²) in [6, 6.07) is 0. The average molecular weight is 324 g/mol. The molecule has 1 saturated carbocycles. The van der Waals surface area contributed by atoms with Gasteiger partial charge in [-0.1, -0.05) is 38.7 Å². The highest BCUT2D eigenvalue weighted by Gasteiger charge is 2.34. The molecule has 0 bridgehead atoms. The Morgan fingerprint density at radius 3 is 2.57 bits per heavy atom. The first-order valence-electron chi connectivity index (χ1n) is 5.75. The van der Waals surface area contributed by atoms with E-state index in [4.69, 9.17) is 0 Å². The molecule has 0 aromatic carbocycles. The van der Waals surface area contributed by atoms with Gasteiger partial charge in [-0.25, -0.2) is 0 Å². The molecular formula is C12H20Br2. The van der Waals surface area contributed by atoms with Gasteiger partial charge in [0.15, 0.2) is 0 Å². The fourth-order valence-corrected chi connectivity index (χ4v) is 2.54. The minimum atomic E-state index is 1.04. The molecule has 0 unspecified atom stereocenters. The van der Waals surface area contributed by atoms with Gasteiger partial charge >= 0.3 is 0 Å². The van der Waals surface area contributed by atoms with Gasteiger partial charge < -0.3 is 0 Å². The molecule has 0 amide bonds. The van der Waals surface area contributed by atoms with E-state index in [0.717, 1.165) is 15.2 Å². The molecule has 2 heteroatoms. The minimum Gasteiger partial charge on any atom is -0.0654 e. The first-order valence-corrected chi connectivity index (χ1v) is 7.33. The van der Waals surface area contributed by atoms with Crippen LogP contribution in [0.3, 0.4) is 0 Å². The highest BCUT2D eigenvalue weighted by atomic mass is 79.9. The van der Waals surface area contributed by atoms with Crippen LogP contribution in [0.1, 0.15) is 51.9 Å². The van der Waals surface area contributed by atoms with E-state index in [0.29, 0.717) is 0 Å². The van der Waals surface area contributed by atoms with E-state index < -0.39 is 0 Å². The molecular weight excluding hydrogens is 304 g/mol. The summed E-state index contributed by atoms with van der Waals surface area (Å²) in [7, 11) is 0. The van der Waals surface area contributed by atoms with Crippen LogP contribution >= 0.6 is 31.9 Å². The van der Waals surface area contributed by atoms with Crippen molar-refractivity contribution in [2.75, 3.05) is 0 Å². The third-order valence-electron chi connectivity index (χ3n) is 3.08. The van der Waals surface area contributed by atoms with E-state index in [1.807, 2.05) is 0 Å². The summed E-state index contributed by atoms with van der Waals surface area (Å²) >= 11 is 6.78. The third kappa shape index (κ3) is 5.55. The van der Waals surface area contributed by atoms with Gasteiger partial charge in [0.2, 0.25) is 0 Å². The quantitative estimate of drug-likeness (QED) is 0.534.